The highest BCUT2D eigenvalue weighted by atomic mass is 32.1. The van der Waals surface area contributed by atoms with E-state index in [9.17, 15) is 0 Å². The van der Waals surface area contributed by atoms with Gasteiger partial charge in [0.05, 0.1) is 6.04 Å². The van der Waals surface area contributed by atoms with E-state index >= 15 is 0 Å². The van der Waals surface area contributed by atoms with Crippen molar-refractivity contribution in [2.75, 3.05) is 6.54 Å². The van der Waals surface area contributed by atoms with Crippen LogP contribution in [0.2, 0.25) is 0 Å². The summed E-state index contributed by atoms with van der Waals surface area (Å²) in [6.45, 7) is 7.78. The third kappa shape index (κ3) is 2.47. The Hall–Kier alpha value is -1.12. The Morgan fingerprint density at radius 1 is 1.21 bits per heavy atom. The summed E-state index contributed by atoms with van der Waals surface area (Å²) in [5, 5.41) is 3.66. The fourth-order valence-corrected chi connectivity index (χ4v) is 3.99. The van der Waals surface area contributed by atoms with Crippen LogP contribution >= 0.6 is 11.3 Å². The maximum Gasteiger partial charge on any atom is 0.0674 e. The number of thiophene rings is 1. The molecule has 1 aromatic carbocycles. The highest BCUT2D eigenvalue weighted by Crippen LogP contribution is 2.35. The van der Waals surface area contributed by atoms with Gasteiger partial charge in [0.2, 0.25) is 0 Å². The molecule has 0 spiro atoms. The molecule has 3 rings (SSSR count). The maximum atomic E-state index is 3.66. The first-order valence-corrected chi connectivity index (χ1v) is 7.89. The number of hydrogen-bond donors (Lipinski definition) is 1. The summed E-state index contributed by atoms with van der Waals surface area (Å²) in [6.07, 6.45) is 1.17. The first-order chi connectivity index (χ1) is 9.15. The largest absolute Gasteiger partial charge is 0.305 e. The molecule has 0 fully saturated rings. The molecule has 19 heavy (non-hydrogen) atoms. The highest BCUT2D eigenvalue weighted by molar-refractivity contribution is 7.12. The van der Waals surface area contributed by atoms with Gasteiger partial charge in [-0.05, 0) is 42.0 Å². The summed E-state index contributed by atoms with van der Waals surface area (Å²) in [7, 11) is 0. The first-order valence-electron chi connectivity index (χ1n) is 7.07. The van der Waals surface area contributed by atoms with Gasteiger partial charge in [-0.15, -0.1) is 11.3 Å². The Labute approximate surface area is 119 Å². The molecule has 1 unspecified atom stereocenters. The third-order valence-electron chi connectivity index (χ3n) is 3.91. The monoisotopic (exact) mass is 271 g/mol. The zero-order valence-electron chi connectivity index (χ0n) is 11.9. The molecule has 0 aliphatic carbocycles. The summed E-state index contributed by atoms with van der Waals surface area (Å²) in [6, 6.07) is 11.9. The number of aryl methyl sites for hydroxylation is 1. The van der Waals surface area contributed by atoms with Crippen LogP contribution in [0.3, 0.4) is 0 Å². The number of nitrogens with one attached hydrogen (secondary N) is 1. The van der Waals surface area contributed by atoms with Crippen LogP contribution in [0.1, 0.15) is 52.3 Å². The van der Waals surface area contributed by atoms with E-state index in [0.717, 1.165) is 6.54 Å². The van der Waals surface area contributed by atoms with Crippen LogP contribution in [0.25, 0.3) is 0 Å². The minimum atomic E-state index is 0.392. The summed E-state index contributed by atoms with van der Waals surface area (Å²) in [5.74, 6) is 0.605. The standard InChI is InChI=1S/C17H21NS/c1-11(2)13-4-6-14(7-5-13)16-17-15(8-9-18-16)10-12(3)19-17/h4-7,10-11,16,18H,8-9H2,1-3H3. The molecular formula is C17H21NS. The smallest absolute Gasteiger partial charge is 0.0674 e. The second-order valence-corrected chi connectivity index (χ2v) is 6.99. The molecule has 0 saturated heterocycles. The average Bonchev–Trinajstić information content (AvgIpc) is 2.78. The Kier molecular flexibility index (Phi) is 3.46. The minimum absolute atomic E-state index is 0.392. The zero-order chi connectivity index (χ0) is 13.4. The molecule has 2 aromatic rings. The van der Waals surface area contributed by atoms with E-state index in [-0.39, 0.29) is 0 Å². The van der Waals surface area contributed by atoms with Gasteiger partial charge in [-0.1, -0.05) is 38.1 Å². The topological polar surface area (TPSA) is 12.0 Å². The van der Waals surface area contributed by atoms with E-state index in [1.54, 1.807) is 5.56 Å². The summed E-state index contributed by atoms with van der Waals surface area (Å²) in [5.41, 5.74) is 4.36. The van der Waals surface area contributed by atoms with Crippen molar-refractivity contribution in [2.24, 2.45) is 0 Å². The number of benzene rings is 1. The Bertz CT molecular complexity index is 565. The molecule has 1 aromatic heterocycles. The Morgan fingerprint density at radius 2 is 1.95 bits per heavy atom. The molecule has 0 amide bonds. The SMILES string of the molecule is Cc1cc2c(s1)C(c1ccc(C(C)C)cc1)NCC2. The van der Waals surface area contributed by atoms with Crippen LogP contribution in [0.4, 0.5) is 0 Å². The molecule has 0 radical (unpaired) electrons. The van der Waals surface area contributed by atoms with Crippen LogP contribution < -0.4 is 5.32 Å². The molecule has 0 saturated carbocycles. The van der Waals surface area contributed by atoms with Gasteiger partial charge >= 0.3 is 0 Å². The van der Waals surface area contributed by atoms with Gasteiger partial charge in [0.25, 0.3) is 0 Å². The van der Waals surface area contributed by atoms with Crippen molar-refractivity contribution < 1.29 is 0 Å². The normalized spacial score (nSPS) is 18.6. The molecule has 1 aliphatic rings. The number of rotatable bonds is 2. The lowest BCUT2D eigenvalue weighted by atomic mass is 9.95. The van der Waals surface area contributed by atoms with Gasteiger partial charge in [-0.2, -0.15) is 0 Å². The van der Waals surface area contributed by atoms with Crippen LogP contribution in [0.5, 0.6) is 0 Å². The highest BCUT2D eigenvalue weighted by Gasteiger charge is 2.23. The molecule has 2 heterocycles. The molecule has 1 N–H and O–H groups in total. The summed E-state index contributed by atoms with van der Waals surface area (Å²) in [4.78, 5) is 2.94. The minimum Gasteiger partial charge on any atom is -0.305 e. The van der Waals surface area contributed by atoms with Crippen LogP contribution in [0, 0.1) is 6.92 Å². The Morgan fingerprint density at radius 3 is 2.63 bits per heavy atom. The first kappa shape index (κ1) is 12.9. The maximum absolute atomic E-state index is 3.66. The van der Waals surface area contributed by atoms with Gasteiger partial charge in [-0.3, -0.25) is 0 Å². The molecular weight excluding hydrogens is 250 g/mol. The molecule has 1 nitrogen and oxygen atoms in total. The van der Waals surface area contributed by atoms with Crippen molar-refractivity contribution in [3.63, 3.8) is 0 Å². The van der Waals surface area contributed by atoms with Crippen molar-refractivity contribution in [3.8, 4) is 0 Å². The fraction of sp³-hybridized carbons (Fsp3) is 0.412. The number of hydrogen-bond acceptors (Lipinski definition) is 2. The second kappa shape index (κ2) is 5.10. The van der Waals surface area contributed by atoms with E-state index in [1.165, 1.54) is 27.3 Å². The predicted octanol–water partition coefficient (Wildman–Crippen LogP) is 4.42. The van der Waals surface area contributed by atoms with E-state index in [1.807, 2.05) is 11.3 Å². The fourth-order valence-electron chi connectivity index (χ4n) is 2.81. The van der Waals surface area contributed by atoms with Crippen molar-refractivity contribution in [1.82, 2.24) is 5.32 Å². The lowest BCUT2D eigenvalue weighted by Crippen LogP contribution is -2.29. The van der Waals surface area contributed by atoms with E-state index < -0.39 is 0 Å². The summed E-state index contributed by atoms with van der Waals surface area (Å²) < 4.78 is 0. The summed E-state index contributed by atoms with van der Waals surface area (Å²) >= 11 is 1.94. The van der Waals surface area contributed by atoms with Crippen molar-refractivity contribution >= 4 is 11.3 Å². The number of fused-ring (bicyclic) bond motifs is 1. The molecule has 1 atom stereocenters. The van der Waals surface area contributed by atoms with E-state index in [0.29, 0.717) is 12.0 Å². The van der Waals surface area contributed by atoms with Crippen molar-refractivity contribution in [2.45, 2.75) is 39.2 Å². The van der Waals surface area contributed by atoms with Crippen LogP contribution in [-0.2, 0) is 6.42 Å². The molecule has 1 aliphatic heterocycles. The molecule has 2 heteroatoms. The van der Waals surface area contributed by atoms with Gasteiger partial charge in [-0.25, -0.2) is 0 Å². The van der Waals surface area contributed by atoms with E-state index in [4.69, 9.17) is 0 Å². The third-order valence-corrected chi connectivity index (χ3v) is 5.06. The quantitative estimate of drug-likeness (QED) is 0.853. The molecule has 100 valence electrons. The lowest BCUT2D eigenvalue weighted by molar-refractivity contribution is 0.578. The second-order valence-electron chi connectivity index (χ2n) is 5.71. The Balaban J connectivity index is 1.94. The van der Waals surface area contributed by atoms with Gasteiger partial charge in [0, 0.05) is 16.3 Å². The zero-order valence-corrected chi connectivity index (χ0v) is 12.7. The van der Waals surface area contributed by atoms with E-state index in [2.05, 4.69) is 56.4 Å². The van der Waals surface area contributed by atoms with Gasteiger partial charge < -0.3 is 5.32 Å². The van der Waals surface area contributed by atoms with Crippen molar-refractivity contribution in [1.29, 1.82) is 0 Å². The van der Waals surface area contributed by atoms with Crippen LogP contribution in [-0.4, -0.2) is 6.54 Å². The van der Waals surface area contributed by atoms with Crippen LogP contribution in [0.15, 0.2) is 30.3 Å². The van der Waals surface area contributed by atoms with Crippen molar-refractivity contribution in [3.05, 3.63) is 56.8 Å². The molecule has 0 bridgehead atoms. The van der Waals surface area contributed by atoms with Gasteiger partial charge in [0.1, 0.15) is 0 Å². The lowest BCUT2D eigenvalue weighted by Gasteiger charge is -2.24. The predicted molar refractivity (Wildman–Crippen MR) is 83.1 cm³/mol. The van der Waals surface area contributed by atoms with Gasteiger partial charge in [0.15, 0.2) is 0 Å². The average molecular weight is 271 g/mol.